The summed E-state index contributed by atoms with van der Waals surface area (Å²) in [5.74, 6) is -0.0359. The van der Waals surface area contributed by atoms with Crippen molar-refractivity contribution in [2.45, 2.75) is 238 Å². The molecule has 0 heterocycles. The Labute approximate surface area is 270 Å². The molecule has 4 nitrogen and oxygen atoms in total. The lowest BCUT2D eigenvalue weighted by molar-refractivity contribution is -0.123. The Morgan fingerprint density at radius 1 is 0.465 bits per heavy atom. The van der Waals surface area contributed by atoms with Crippen LogP contribution in [0.4, 0.5) is 0 Å². The van der Waals surface area contributed by atoms with Crippen LogP contribution in [0.1, 0.15) is 226 Å². The van der Waals surface area contributed by atoms with E-state index in [1.807, 2.05) is 0 Å². The summed E-state index contributed by atoms with van der Waals surface area (Å²) in [4.78, 5) is 12.2. The fourth-order valence-corrected chi connectivity index (χ4v) is 6.30. The topological polar surface area (TPSA) is 69.6 Å². The summed E-state index contributed by atoms with van der Waals surface area (Å²) in [5, 5.41) is 22.6. The molecule has 43 heavy (non-hydrogen) atoms. The van der Waals surface area contributed by atoms with Crippen LogP contribution in [0.25, 0.3) is 0 Å². The summed E-state index contributed by atoms with van der Waals surface area (Å²) in [6.45, 7) is 4.27. The zero-order valence-corrected chi connectivity index (χ0v) is 29.5. The van der Waals surface area contributed by atoms with Crippen LogP contribution in [-0.4, -0.2) is 34.9 Å². The highest BCUT2D eigenvalue weighted by molar-refractivity contribution is 5.76. The van der Waals surface area contributed by atoms with Gasteiger partial charge in [-0.15, -0.1) is 0 Å². The molecule has 0 rings (SSSR count). The summed E-state index contributed by atoms with van der Waals surface area (Å²) >= 11 is 0. The van der Waals surface area contributed by atoms with Gasteiger partial charge in [-0.25, -0.2) is 0 Å². The minimum Gasteiger partial charge on any atom is -0.394 e. The Balaban J connectivity index is 3.29. The molecule has 0 aliphatic heterocycles. The van der Waals surface area contributed by atoms with Crippen molar-refractivity contribution in [1.82, 2.24) is 5.32 Å². The van der Waals surface area contributed by atoms with Crippen molar-refractivity contribution < 1.29 is 15.0 Å². The number of unbranched alkanes of at least 4 members (excludes halogenated alkanes) is 29. The van der Waals surface area contributed by atoms with Crippen molar-refractivity contribution in [3.63, 3.8) is 0 Å². The van der Waals surface area contributed by atoms with Crippen molar-refractivity contribution in [2.24, 2.45) is 0 Å². The third kappa shape index (κ3) is 32.6. The van der Waals surface area contributed by atoms with Gasteiger partial charge < -0.3 is 15.5 Å². The number of carbonyl (C=O) groups is 1. The second-order valence-corrected chi connectivity index (χ2v) is 13.7. The minimum absolute atomic E-state index is 0.0359. The van der Waals surface area contributed by atoms with E-state index < -0.39 is 12.1 Å². The number of carbonyl (C=O) groups excluding carboxylic acids is 1. The molecular formula is C39H79NO3. The molecule has 0 fully saturated rings. The van der Waals surface area contributed by atoms with Gasteiger partial charge >= 0.3 is 0 Å². The quantitative estimate of drug-likeness (QED) is 0.0619. The fraction of sp³-hybridized carbons (Fsp3) is 0.974. The maximum Gasteiger partial charge on any atom is 0.220 e. The predicted octanol–water partition coefficient (Wildman–Crippen LogP) is 11.7. The van der Waals surface area contributed by atoms with Gasteiger partial charge in [-0.1, -0.05) is 206 Å². The standard InChI is InChI=1S/C39H79NO3/c1-3-5-7-9-10-11-12-13-14-15-16-17-18-19-20-21-22-23-24-25-26-27-28-29-30-31-33-35-39(43)40-37(36-41)38(42)34-32-8-6-4-2/h37-38,41-42H,3-36H2,1-2H3,(H,40,43). The number of aliphatic hydroxyl groups excluding tert-OH is 2. The first-order chi connectivity index (χ1) is 21.2. The number of hydrogen-bond acceptors (Lipinski definition) is 3. The second kappa shape index (κ2) is 35.9. The van der Waals surface area contributed by atoms with E-state index in [9.17, 15) is 15.0 Å². The van der Waals surface area contributed by atoms with E-state index in [4.69, 9.17) is 0 Å². The lowest BCUT2D eigenvalue weighted by atomic mass is 10.0. The van der Waals surface area contributed by atoms with Gasteiger partial charge in [-0.05, 0) is 12.8 Å². The fourth-order valence-electron chi connectivity index (χ4n) is 6.30. The molecular weight excluding hydrogens is 530 g/mol. The lowest BCUT2D eigenvalue weighted by Gasteiger charge is -2.22. The van der Waals surface area contributed by atoms with Crippen molar-refractivity contribution in [3.8, 4) is 0 Å². The van der Waals surface area contributed by atoms with Crippen LogP contribution in [0.3, 0.4) is 0 Å². The van der Waals surface area contributed by atoms with Crippen LogP contribution in [0, 0.1) is 0 Å². The van der Waals surface area contributed by atoms with Crippen LogP contribution < -0.4 is 5.32 Å². The zero-order valence-electron chi connectivity index (χ0n) is 29.5. The van der Waals surface area contributed by atoms with Gasteiger partial charge in [0.25, 0.3) is 0 Å². The van der Waals surface area contributed by atoms with Crippen molar-refractivity contribution in [2.75, 3.05) is 6.61 Å². The summed E-state index contributed by atoms with van der Waals surface area (Å²) < 4.78 is 0. The lowest BCUT2D eigenvalue weighted by Crippen LogP contribution is -2.45. The van der Waals surface area contributed by atoms with Crippen LogP contribution in [0.5, 0.6) is 0 Å². The normalized spacial score (nSPS) is 12.9. The van der Waals surface area contributed by atoms with Crippen molar-refractivity contribution in [3.05, 3.63) is 0 Å². The highest BCUT2D eigenvalue weighted by Crippen LogP contribution is 2.16. The number of rotatable bonds is 36. The van der Waals surface area contributed by atoms with E-state index in [1.165, 1.54) is 167 Å². The number of aliphatic hydroxyl groups is 2. The number of amides is 1. The van der Waals surface area contributed by atoms with Gasteiger partial charge in [0.15, 0.2) is 0 Å². The van der Waals surface area contributed by atoms with Gasteiger partial charge in [-0.2, -0.15) is 0 Å². The monoisotopic (exact) mass is 610 g/mol. The maximum absolute atomic E-state index is 12.2. The molecule has 2 atom stereocenters. The zero-order chi connectivity index (χ0) is 31.5. The van der Waals surface area contributed by atoms with E-state index >= 15 is 0 Å². The molecule has 0 aromatic rings. The predicted molar refractivity (Wildman–Crippen MR) is 189 cm³/mol. The SMILES string of the molecule is CCCCCCCCCCCCCCCCCCCCCCCCCCCCCC(=O)NC(CO)C(O)CCCCCC. The summed E-state index contributed by atoms with van der Waals surface area (Å²) in [5.41, 5.74) is 0. The highest BCUT2D eigenvalue weighted by Gasteiger charge is 2.19. The second-order valence-electron chi connectivity index (χ2n) is 13.7. The van der Waals surface area contributed by atoms with Crippen LogP contribution in [0.2, 0.25) is 0 Å². The third-order valence-electron chi connectivity index (χ3n) is 9.37. The van der Waals surface area contributed by atoms with E-state index in [0.29, 0.717) is 12.8 Å². The smallest absolute Gasteiger partial charge is 0.220 e. The Kier molecular flexibility index (Phi) is 35.4. The van der Waals surface area contributed by atoms with Crippen LogP contribution in [0.15, 0.2) is 0 Å². The molecule has 0 bridgehead atoms. The van der Waals surface area contributed by atoms with E-state index in [0.717, 1.165) is 32.1 Å². The Morgan fingerprint density at radius 3 is 1.05 bits per heavy atom. The molecule has 1 amide bonds. The largest absolute Gasteiger partial charge is 0.394 e. The minimum atomic E-state index is -0.649. The van der Waals surface area contributed by atoms with Gasteiger partial charge in [0.1, 0.15) is 0 Å². The Morgan fingerprint density at radius 2 is 0.744 bits per heavy atom. The molecule has 0 spiro atoms. The Hall–Kier alpha value is -0.610. The van der Waals surface area contributed by atoms with Crippen LogP contribution in [-0.2, 0) is 4.79 Å². The average Bonchev–Trinajstić information content (AvgIpc) is 3.01. The van der Waals surface area contributed by atoms with Crippen molar-refractivity contribution >= 4 is 5.91 Å². The van der Waals surface area contributed by atoms with E-state index in [-0.39, 0.29) is 12.5 Å². The molecule has 0 saturated heterocycles. The van der Waals surface area contributed by atoms with Gasteiger partial charge in [-0.3, -0.25) is 4.79 Å². The Bertz CT molecular complexity index is 541. The first-order valence-electron chi connectivity index (χ1n) is 19.7. The third-order valence-corrected chi connectivity index (χ3v) is 9.37. The molecule has 0 aliphatic rings. The van der Waals surface area contributed by atoms with Gasteiger partial charge in [0, 0.05) is 6.42 Å². The molecule has 3 N–H and O–H groups in total. The summed E-state index contributed by atoms with van der Waals surface area (Å²) in [6, 6.07) is -0.525. The van der Waals surface area contributed by atoms with Gasteiger partial charge in [0.05, 0.1) is 18.8 Å². The average molecular weight is 610 g/mol. The first-order valence-corrected chi connectivity index (χ1v) is 19.7. The molecule has 0 aromatic carbocycles. The van der Waals surface area contributed by atoms with E-state index in [2.05, 4.69) is 19.2 Å². The summed E-state index contributed by atoms with van der Waals surface area (Å²) in [6.07, 6.45) is 42.3. The highest BCUT2D eigenvalue weighted by atomic mass is 16.3. The molecule has 258 valence electrons. The molecule has 4 heteroatoms. The number of hydrogen-bond donors (Lipinski definition) is 3. The molecule has 0 aliphatic carbocycles. The van der Waals surface area contributed by atoms with Crippen molar-refractivity contribution in [1.29, 1.82) is 0 Å². The molecule has 0 aromatic heterocycles. The number of nitrogens with one attached hydrogen (secondary N) is 1. The molecule has 0 radical (unpaired) electrons. The summed E-state index contributed by atoms with van der Waals surface area (Å²) in [7, 11) is 0. The maximum atomic E-state index is 12.2. The molecule has 0 saturated carbocycles. The van der Waals surface area contributed by atoms with Gasteiger partial charge in [0.2, 0.25) is 5.91 Å². The van der Waals surface area contributed by atoms with E-state index in [1.54, 1.807) is 0 Å². The van der Waals surface area contributed by atoms with Crippen LogP contribution >= 0.6 is 0 Å². The molecule has 2 unspecified atom stereocenters. The first kappa shape index (κ1) is 42.4.